The third kappa shape index (κ3) is 7.08. The van der Waals surface area contributed by atoms with Gasteiger partial charge in [-0.2, -0.15) is 0 Å². The van der Waals surface area contributed by atoms with Crippen LogP contribution in [0.4, 0.5) is 0 Å². The van der Waals surface area contributed by atoms with Crippen molar-refractivity contribution in [1.82, 2.24) is 10.2 Å². The molecule has 0 aliphatic heterocycles. The fourth-order valence-corrected chi connectivity index (χ4v) is 4.85. The fraction of sp³-hybridized carbons (Fsp3) is 0.500. The largest absolute Gasteiger partial charge is 0.483 e. The van der Waals surface area contributed by atoms with Gasteiger partial charge in [-0.15, -0.1) is 0 Å². The molecule has 1 fully saturated rings. The molecule has 0 spiro atoms. The van der Waals surface area contributed by atoms with E-state index in [2.05, 4.69) is 35.1 Å². The highest BCUT2D eigenvalue weighted by atomic mass is 79.9. The molecule has 34 heavy (non-hydrogen) atoms. The maximum atomic E-state index is 13.4. The molecule has 0 aromatic heterocycles. The summed E-state index contributed by atoms with van der Waals surface area (Å²) < 4.78 is 6.71. The maximum Gasteiger partial charge on any atom is 0.261 e. The Balaban J connectivity index is 1.73. The molecular formula is C28H37BrN2O3. The molecule has 184 valence electrons. The molecule has 1 unspecified atom stereocenters. The monoisotopic (exact) mass is 528 g/mol. The number of nitrogens with one attached hydrogen (secondary N) is 1. The molecule has 1 saturated carbocycles. The lowest BCUT2D eigenvalue weighted by Gasteiger charge is -2.31. The predicted molar refractivity (Wildman–Crippen MR) is 140 cm³/mol. The van der Waals surface area contributed by atoms with Gasteiger partial charge in [-0.05, 0) is 77.4 Å². The molecular weight excluding hydrogens is 492 g/mol. The Labute approximate surface area is 212 Å². The van der Waals surface area contributed by atoms with E-state index in [9.17, 15) is 9.59 Å². The van der Waals surface area contributed by atoms with E-state index < -0.39 is 6.04 Å². The third-order valence-electron chi connectivity index (χ3n) is 6.69. The van der Waals surface area contributed by atoms with Gasteiger partial charge in [0.1, 0.15) is 11.8 Å². The fourth-order valence-electron chi connectivity index (χ4n) is 4.34. The van der Waals surface area contributed by atoms with Crippen molar-refractivity contribution in [1.29, 1.82) is 0 Å². The lowest BCUT2D eigenvalue weighted by molar-refractivity contribution is -0.142. The van der Waals surface area contributed by atoms with Crippen molar-refractivity contribution >= 4 is 27.7 Å². The SMILES string of the molecule is Cc1ccccc1CN(C(=O)COc1ccc(C(C)C)cc1Br)C(C)C(=O)NC1CCCCC1. The normalized spacial score (nSPS) is 15.1. The number of halogens is 1. The van der Waals surface area contributed by atoms with Crippen molar-refractivity contribution in [3.05, 3.63) is 63.6 Å². The average molecular weight is 530 g/mol. The molecule has 5 nitrogen and oxygen atoms in total. The van der Waals surface area contributed by atoms with Gasteiger partial charge in [-0.1, -0.05) is 63.4 Å². The summed E-state index contributed by atoms with van der Waals surface area (Å²) in [6, 6.07) is 13.5. The summed E-state index contributed by atoms with van der Waals surface area (Å²) in [7, 11) is 0. The van der Waals surface area contributed by atoms with Crippen LogP contribution < -0.4 is 10.1 Å². The standard InChI is InChI=1S/C28H37BrN2O3/c1-19(2)22-14-15-26(25(29)16-22)34-18-27(32)31(17-23-11-9-8-10-20(23)3)21(4)28(33)30-24-12-6-5-7-13-24/h8-11,14-16,19,21,24H,5-7,12-13,17-18H2,1-4H3,(H,30,33). The van der Waals surface area contributed by atoms with Crippen molar-refractivity contribution in [3.8, 4) is 5.75 Å². The number of benzene rings is 2. The lowest BCUT2D eigenvalue weighted by atomic mass is 9.95. The van der Waals surface area contributed by atoms with E-state index >= 15 is 0 Å². The van der Waals surface area contributed by atoms with E-state index in [0.717, 1.165) is 41.3 Å². The number of ether oxygens (including phenoxy) is 1. The van der Waals surface area contributed by atoms with E-state index in [0.29, 0.717) is 18.2 Å². The van der Waals surface area contributed by atoms with Gasteiger partial charge >= 0.3 is 0 Å². The Morgan fingerprint density at radius 2 is 1.79 bits per heavy atom. The number of rotatable bonds is 9. The first-order valence-electron chi connectivity index (χ1n) is 12.3. The number of carbonyl (C=O) groups is 2. The van der Waals surface area contributed by atoms with E-state index in [1.54, 1.807) is 4.90 Å². The van der Waals surface area contributed by atoms with Crippen molar-refractivity contribution in [2.75, 3.05) is 6.61 Å². The summed E-state index contributed by atoms with van der Waals surface area (Å²) in [4.78, 5) is 28.1. The molecule has 2 aromatic carbocycles. The van der Waals surface area contributed by atoms with Gasteiger partial charge in [-0.25, -0.2) is 0 Å². The zero-order valence-electron chi connectivity index (χ0n) is 20.8. The molecule has 2 aromatic rings. The van der Waals surface area contributed by atoms with Crippen molar-refractivity contribution in [2.45, 2.75) is 84.3 Å². The number of nitrogens with zero attached hydrogens (tertiary/aromatic N) is 1. The summed E-state index contributed by atoms with van der Waals surface area (Å²) in [6.07, 6.45) is 5.53. The highest BCUT2D eigenvalue weighted by Crippen LogP contribution is 2.29. The molecule has 1 aliphatic carbocycles. The summed E-state index contributed by atoms with van der Waals surface area (Å²) in [5, 5.41) is 3.17. The molecule has 2 amide bonds. The second-order valence-corrected chi connectivity index (χ2v) is 10.5. The maximum absolute atomic E-state index is 13.4. The van der Waals surface area contributed by atoms with Crippen molar-refractivity contribution in [2.24, 2.45) is 0 Å². The minimum atomic E-state index is -0.593. The van der Waals surface area contributed by atoms with Gasteiger partial charge in [0.05, 0.1) is 4.47 Å². The number of aryl methyl sites for hydroxylation is 1. The quantitative estimate of drug-likeness (QED) is 0.426. The summed E-state index contributed by atoms with van der Waals surface area (Å²) >= 11 is 3.56. The molecule has 0 radical (unpaired) electrons. The highest BCUT2D eigenvalue weighted by Gasteiger charge is 2.28. The zero-order chi connectivity index (χ0) is 24.7. The van der Waals surface area contributed by atoms with Gasteiger partial charge in [0, 0.05) is 12.6 Å². The summed E-state index contributed by atoms with van der Waals surface area (Å²) in [5.74, 6) is 0.707. The van der Waals surface area contributed by atoms with Crippen LogP contribution in [0.15, 0.2) is 46.9 Å². The Hall–Kier alpha value is -2.34. The second kappa shape index (κ2) is 12.4. The summed E-state index contributed by atoms with van der Waals surface area (Å²) in [6.45, 7) is 8.33. The summed E-state index contributed by atoms with van der Waals surface area (Å²) in [5.41, 5.74) is 3.31. The van der Waals surface area contributed by atoms with Crippen LogP contribution in [0.3, 0.4) is 0 Å². The number of carbonyl (C=O) groups excluding carboxylic acids is 2. The van der Waals surface area contributed by atoms with Crippen LogP contribution in [0.5, 0.6) is 5.75 Å². The first kappa shape index (κ1) is 26.3. The van der Waals surface area contributed by atoms with E-state index in [1.807, 2.05) is 56.3 Å². The molecule has 0 heterocycles. The lowest BCUT2D eigenvalue weighted by Crippen LogP contribution is -2.51. The molecule has 1 atom stereocenters. The minimum absolute atomic E-state index is 0.101. The van der Waals surface area contributed by atoms with Crippen LogP contribution in [0.1, 0.15) is 75.5 Å². The number of amides is 2. The smallest absolute Gasteiger partial charge is 0.261 e. The van der Waals surface area contributed by atoms with Crippen molar-refractivity contribution in [3.63, 3.8) is 0 Å². The van der Waals surface area contributed by atoms with Crippen LogP contribution in [-0.2, 0) is 16.1 Å². The van der Waals surface area contributed by atoms with E-state index in [4.69, 9.17) is 4.74 Å². The first-order chi connectivity index (χ1) is 16.3. The van der Waals surface area contributed by atoms with Crippen LogP contribution in [-0.4, -0.2) is 35.4 Å². The van der Waals surface area contributed by atoms with Gasteiger partial charge in [0.2, 0.25) is 5.91 Å². The molecule has 0 bridgehead atoms. The number of hydrogen-bond donors (Lipinski definition) is 1. The van der Waals surface area contributed by atoms with Crippen LogP contribution in [0.25, 0.3) is 0 Å². The molecule has 6 heteroatoms. The zero-order valence-corrected chi connectivity index (χ0v) is 22.4. The molecule has 1 aliphatic rings. The second-order valence-electron chi connectivity index (χ2n) is 9.60. The first-order valence-corrected chi connectivity index (χ1v) is 13.1. The Bertz CT molecular complexity index is 985. The average Bonchev–Trinajstić information content (AvgIpc) is 2.82. The molecule has 0 saturated heterocycles. The van der Waals surface area contributed by atoms with Crippen LogP contribution in [0, 0.1) is 6.92 Å². The Morgan fingerprint density at radius 3 is 2.44 bits per heavy atom. The minimum Gasteiger partial charge on any atom is -0.483 e. The predicted octanol–water partition coefficient (Wildman–Crippen LogP) is 6.13. The molecule has 1 N–H and O–H groups in total. The van der Waals surface area contributed by atoms with Crippen molar-refractivity contribution < 1.29 is 14.3 Å². The van der Waals surface area contributed by atoms with Gasteiger partial charge < -0.3 is 15.0 Å². The van der Waals surface area contributed by atoms with Gasteiger partial charge in [0.15, 0.2) is 6.61 Å². The topological polar surface area (TPSA) is 58.6 Å². The van der Waals surface area contributed by atoms with E-state index in [-0.39, 0.29) is 24.5 Å². The van der Waals surface area contributed by atoms with E-state index in [1.165, 1.54) is 12.0 Å². The van der Waals surface area contributed by atoms with Crippen LogP contribution in [0.2, 0.25) is 0 Å². The molecule has 3 rings (SSSR count). The van der Waals surface area contributed by atoms with Gasteiger partial charge in [0.25, 0.3) is 5.91 Å². The Kier molecular flexibility index (Phi) is 9.57. The third-order valence-corrected chi connectivity index (χ3v) is 7.31. The van der Waals surface area contributed by atoms with Crippen LogP contribution >= 0.6 is 15.9 Å². The number of hydrogen-bond acceptors (Lipinski definition) is 3. The van der Waals surface area contributed by atoms with Gasteiger partial charge in [-0.3, -0.25) is 9.59 Å². The Morgan fingerprint density at radius 1 is 1.09 bits per heavy atom. The highest BCUT2D eigenvalue weighted by molar-refractivity contribution is 9.10.